The van der Waals surface area contributed by atoms with Gasteiger partial charge in [-0.05, 0) is 51.1 Å². The van der Waals surface area contributed by atoms with Crippen LogP contribution in [0.15, 0.2) is 6.20 Å². The highest BCUT2D eigenvalue weighted by Crippen LogP contribution is 2.38. The summed E-state index contributed by atoms with van der Waals surface area (Å²) in [6.45, 7) is 2.38. The maximum absolute atomic E-state index is 4.47. The molecular formula is C12H19N3. The van der Waals surface area contributed by atoms with Crippen LogP contribution in [-0.4, -0.2) is 23.1 Å². The fraction of sp³-hybridized carbons (Fsp3) is 0.750. The highest BCUT2D eigenvalue weighted by Gasteiger charge is 2.26. The Morgan fingerprint density at radius 2 is 2.00 bits per heavy atom. The summed E-state index contributed by atoms with van der Waals surface area (Å²) in [5.74, 6) is 2.85. The molecule has 0 spiro atoms. The first-order valence-electron chi connectivity index (χ1n) is 6.16. The summed E-state index contributed by atoms with van der Waals surface area (Å²) in [6.07, 6.45) is 8.55. The molecule has 0 unspecified atom stereocenters. The van der Waals surface area contributed by atoms with Gasteiger partial charge in [-0.2, -0.15) is 0 Å². The number of imidazole rings is 1. The van der Waals surface area contributed by atoms with E-state index in [0.29, 0.717) is 0 Å². The van der Waals surface area contributed by atoms with Gasteiger partial charge in [0, 0.05) is 17.8 Å². The molecule has 0 radical (unpaired) electrons. The van der Waals surface area contributed by atoms with Gasteiger partial charge in [0.25, 0.3) is 0 Å². The second kappa shape index (κ2) is 3.97. The zero-order chi connectivity index (χ0) is 10.1. The van der Waals surface area contributed by atoms with Crippen LogP contribution in [0, 0.1) is 5.92 Å². The molecule has 2 heterocycles. The van der Waals surface area contributed by atoms with Crippen LogP contribution in [0.4, 0.5) is 0 Å². The molecule has 3 nitrogen and oxygen atoms in total. The Hall–Kier alpha value is -0.830. The van der Waals surface area contributed by atoms with E-state index in [1.165, 1.54) is 56.7 Å². The Morgan fingerprint density at radius 1 is 1.20 bits per heavy atom. The summed E-state index contributed by atoms with van der Waals surface area (Å²) < 4.78 is 0. The standard InChI is InChI=1S/C12H19N3/c1-2-10(1)12-14-8-11(15-12)7-9-3-5-13-6-4-9/h8-10,13H,1-7H2,(H,14,15). The van der Waals surface area contributed by atoms with E-state index in [4.69, 9.17) is 0 Å². The molecule has 2 fully saturated rings. The van der Waals surface area contributed by atoms with Crippen molar-refractivity contribution in [1.29, 1.82) is 0 Å². The second-order valence-electron chi connectivity index (χ2n) is 4.97. The maximum atomic E-state index is 4.47. The first-order chi connectivity index (χ1) is 7.42. The molecule has 1 saturated carbocycles. The zero-order valence-electron chi connectivity index (χ0n) is 9.13. The van der Waals surface area contributed by atoms with E-state index < -0.39 is 0 Å². The molecular weight excluding hydrogens is 186 g/mol. The van der Waals surface area contributed by atoms with Crippen molar-refractivity contribution in [1.82, 2.24) is 15.3 Å². The molecule has 1 aromatic rings. The van der Waals surface area contributed by atoms with Gasteiger partial charge in [0.2, 0.25) is 0 Å². The van der Waals surface area contributed by atoms with Crippen molar-refractivity contribution in [3.63, 3.8) is 0 Å². The lowest BCUT2D eigenvalue weighted by atomic mass is 9.93. The summed E-state index contributed by atoms with van der Waals surface area (Å²) in [4.78, 5) is 7.96. The number of nitrogens with zero attached hydrogens (tertiary/aromatic N) is 1. The fourth-order valence-corrected chi connectivity index (χ4v) is 2.44. The first kappa shape index (κ1) is 9.40. The van der Waals surface area contributed by atoms with Gasteiger partial charge in [-0.3, -0.25) is 0 Å². The maximum Gasteiger partial charge on any atom is 0.109 e. The Balaban J connectivity index is 1.60. The van der Waals surface area contributed by atoms with Crippen molar-refractivity contribution in [2.45, 2.75) is 38.0 Å². The third kappa shape index (κ3) is 2.23. The lowest BCUT2D eigenvalue weighted by Gasteiger charge is -2.21. The molecule has 3 rings (SSSR count). The molecule has 1 aliphatic heterocycles. The monoisotopic (exact) mass is 205 g/mol. The largest absolute Gasteiger partial charge is 0.346 e. The van der Waals surface area contributed by atoms with Crippen molar-refractivity contribution in [2.75, 3.05) is 13.1 Å². The lowest BCUT2D eigenvalue weighted by molar-refractivity contribution is 0.370. The first-order valence-corrected chi connectivity index (χ1v) is 6.16. The average Bonchev–Trinajstić information content (AvgIpc) is 3.02. The SMILES string of the molecule is c1nc(C2CC2)[nH]c1CC1CCNCC1. The van der Waals surface area contributed by atoms with Crippen molar-refractivity contribution in [3.05, 3.63) is 17.7 Å². The summed E-state index contributed by atoms with van der Waals surface area (Å²) in [5.41, 5.74) is 1.35. The number of hydrogen-bond acceptors (Lipinski definition) is 2. The predicted octanol–water partition coefficient (Wildman–Crippen LogP) is 1.83. The smallest absolute Gasteiger partial charge is 0.109 e. The molecule has 3 heteroatoms. The quantitative estimate of drug-likeness (QED) is 0.790. The topological polar surface area (TPSA) is 40.7 Å². The third-order valence-corrected chi connectivity index (χ3v) is 3.58. The molecule has 2 aliphatic rings. The third-order valence-electron chi connectivity index (χ3n) is 3.58. The van der Waals surface area contributed by atoms with Gasteiger partial charge in [-0.15, -0.1) is 0 Å². The second-order valence-corrected chi connectivity index (χ2v) is 4.97. The van der Waals surface area contributed by atoms with Crippen LogP contribution in [0.3, 0.4) is 0 Å². The molecule has 0 bridgehead atoms. The van der Waals surface area contributed by atoms with Crippen LogP contribution in [0.25, 0.3) is 0 Å². The molecule has 0 amide bonds. The number of aromatic nitrogens is 2. The van der Waals surface area contributed by atoms with E-state index in [-0.39, 0.29) is 0 Å². The van der Waals surface area contributed by atoms with Gasteiger partial charge in [0.15, 0.2) is 0 Å². The van der Waals surface area contributed by atoms with Crippen LogP contribution in [0.5, 0.6) is 0 Å². The van der Waals surface area contributed by atoms with Crippen molar-refractivity contribution < 1.29 is 0 Å². The fourth-order valence-electron chi connectivity index (χ4n) is 2.44. The molecule has 1 aromatic heterocycles. The highest BCUT2D eigenvalue weighted by atomic mass is 14.9. The molecule has 0 aromatic carbocycles. The van der Waals surface area contributed by atoms with Gasteiger partial charge in [-0.1, -0.05) is 0 Å². The number of aromatic amines is 1. The summed E-state index contributed by atoms with van der Waals surface area (Å²) in [7, 11) is 0. The van der Waals surface area contributed by atoms with E-state index in [1.807, 2.05) is 0 Å². The molecule has 1 saturated heterocycles. The number of nitrogens with one attached hydrogen (secondary N) is 2. The minimum atomic E-state index is 0.756. The number of rotatable bonds is 3. The van der Waals surface area contributed by atoms with E-state index in [2.05, 4.69) is 21.5 Å². The van der Waals surface area contributed by atoms with Gasteiger partial charge in [0.1, 0.15) is 5.82 Å². The summed E-state index contributed by atoms with van der Waals surface area (Å²) in [5, 5.41) is 3.41. The van der Waals surface area contributed by atoms with Gasteiger partial charge in [0.05, 0.1) is 0 Å². The van der Waals surface area contributed by atoms with Crippen LogP contribution in [0.2, 0.25) is 0 Å². The summed E-state index contributed by atoms with van der Waals surface area (Å²) in [6, 6.07) is 0. The summed E-state index contributed by atoms with van der Waals surface area (Å²) >= 11 is 0. The zero-order valence-corrected chi connectivity index (χ0v) is 9.13. The van der Waals surface area contributed by atoms with Crippen LogP contribution in [-0.2, 0) is 6.42 Å². The van der Waals surface area contributed by atoms with Crippen molar-refractivity contribution >= 4 is 0 Å². The highest BCUT2D eigenvalue weighted by molar-refractivity contribution is 5.10. The molecule has 2 N–H and O–H groups in total. The van der Waals surface area contributed by atoms with Crippen LogP contribution in [0.1, 0.15) is 43.1 Å². The minimum Gasteiger partial charge on any atom is -0.346 e. The molecule has 0 atom stereocenters. The lowest BCUT2D eigenvalue weighted by Crippen LogP contribution is -2.28. The Kier molecular flexibility index (Phi) is 2.49. The van der Waals surface area contributed by atoms with E-state index in [0.717, 1.165) is 11.8 Å². The molecule has 82 valence electrons. The van der Waals surface area contributed by atoms with Gasteiger partial charge >= 0.3 is 0 Å². The van der Waals surface area contributed by atoms with Gasteiger partial charge in [-0.25, -0.2) is 4.98 Å². The van der Waals surface area contributed by atoms with Gasteiger partial charge < -0.3 is 10.3 Å². The van der Waals surface area contributed by atoms with E-state index in [9.17, 15) is 0 Å². The normalized spacial score (nSPS) is 23.2. The predicted molar refractivity (Wildman–Crippen MR) is 59.9 cm³/mol. The number of piperidine rings is 1. The van der Waals surface area contributed by atoms with Crippen molar-refractivity contribution in [2.24, 2.45) is 5.92 Å². The number of hydrogen-bond donors (Lipinski definition) is 2. The van der Waals surface area contributed by atoms with Crippen LogP contribution >= 0.6 is 0 Å². The Labute approximate surface area is 90.7 Å². The van der Waals surface area contributed by atoms with Crippen molar-refractivity contribution in [3.8, 4) is 0 Å². The Bertz CT molecular complexity index is 321. The average molecular weight is 205 g/mol. The Morgan fingerprint density at radius 3 is 2.73 bits per heavy atom. The van der Waals surface area contributed by atoms with E-state index >= 15 is 0 Å². The molecule has 1 aliphatic carbocycles. The number of H-pyrrole nitrogens is 1. The minimum absolute atomic E-state index is 0.756. The van der Waals surface area contributed by atoms with E-state index in [1.54, 1.807) is 0 Å². The van der Waals surface area contributed by atoms with Crippen LogP contribution < -0.4 is 5.32 Å². The molecule has 15 heavy (non-hydrogen) atoms.